The quantitative estimate of drug-likeness (QED) is 0.662. The van der Waals surface area contributed by atoms with E-state index in [4.69, 9.17) is 5.73 Å². The summed E-state index contributed by atoms with van der Waals surface area (Å²) < 4.78 is 0. The second kappa shape index (κ2) is 8.45. The van der Waals surface area contributed by atoms with E-state index in [0.717, 1.165) is 5.56 Å². The molecular weight excluding hydrogens is 342 g/mol. The molecule has 2 rings (SSSR count). The van der Waals surface area contributed by atoms with Crippen molar-refractivity contribution in [3.05, 3.63) is 35.4 Å². The third kappa shape index (κ3) is 5.03. The Hall–Kier alpha value is -1.92. The zero-order valence-corrected chi connectivity index (χ0v) is 15.6. The van der Waals surface area contributed by atoms with Gasteiger partial charge in [-0.05, 0) is 37.0 Å². The van der Waals surface area contributed by atoms with Gasteiger partial charge in [-0.3, -0.25) is 19.7 Å². The van der Waals surface area contributed by atoms with Crippen LogP contribution in [0.25, 0.3) is 0 Å². The fraction of sp³-hybridized carbons (Fsp3) is 0.500. The van der Waals surface area contributed by atoms with Crippen LogP contribution >= 0.6 is 12.4 Å². The summed E-state index contributed by atoms with van der Waals surface area (Å²) in [7, 11) is 0. The van der Waals surface area contributed by atoms with Crippen LogP contribution in [0.2, 0.25) is 0 Å². The Labute approximate surface area is 154 Å². The molecule has 1 aromatic carbocycles. The summed E-state index contributed by atoms with van der Waals surface area (Å²) in [6.07, 6.45) is 0.719. The number of rotatable bonds is 6. The first kappa shape index (κ1) is 21.1. The molecule has 1 fully saturated rings. The molecular formula is C18H26ClN3O3. The molecule has 0 radical (unpaired) electrons. The van der Waals surface area contributed by atoms with Gasteiger partial charge < -0.3 is 11.1 Å². The molecule has 6 nitrogen and oxygen atoms in total. The summed E-state index contributed by atoms with van der Waals surface area (Å²) in [4.78, 5) is 35.2. The second-order valence-corrected chi connectivity index (χ2v) is 6.94. The zero-order valence-electron chi connectivity index (χ0n) is 14.8. The molecule has 0 spiro atoms. The van der Waals surface area contributed by atoms with E-state index in [1.165, 1.54) is 0 Å². The van der Waals surface area contributed by atoms with E-state index in [0.29, 0.717) is 18.5 Å². The van der Waals surface area contributed by atoms with Crippen LogP contribution in [0.1, 0.15) is 43.1 Å². The largest absolute Gasteiger partial charge is 0.345 e. The summed E-state index contributed by atoms with van der Waals surface area (Å²) in [6.45, 7) is 6.33. The molecule has 1 saturated heterocycles. The van der Waals surface area contributed by atoms with Gasteiger partial charge in [0.25, 0.3) is 5.91 Å². The molecule has 2 unspecified atom stereocenters. The number of hydrogen-bond donors (Lipinski definition) is 3. The predicted octanol–water partition coefficient (Wildman–Crippen LogP) is 1.42. The summed E-state index contributed by atoms with van der Waals surface area (Å²) in [5, 5.41) is 5.30. The van der Waals surface area contributed by atoms with Crippen LogP contribution in [0.15, 0.2) is 24.3 Å². The van der Waals surface area contributed by atoms with Crippen molar-refractivity contribution in [2.75, 3.05) is 6.54 Å². The average Bonchev–Trinajstić information content (AvgIpc) is 2.85. The second-order valence-electron chi connectivity index (χ2n) is 6.94. The molecule has 7 heteroatoms. The summed E-state index contributed by atoms with van der Waals surface area (Å²) in [5.74, 6) is -0.729. The lowest BCUT2D eigenvalue weighted by Crippen LogP contribution is -2.55. The van der Waals surface area contributed by atoms with Gasteiger partial charge in [-0.15, -0.1) is 12.4 Å². The Morgan fingerprint density at radius 3 is 2.36 bits per heavy atom. The monoisotopic (exact) mass is 367 g/mol. The van der Waals surface area contributed by atoms with Gasteiger partial charge in [-0.25, -0.2) is 0 Å². The smallest absolute Gasteiger partial charge is 0.251 e. The first-order valence-electron chi connectivity index (χ1n) is 8.20. The number of nitrogens with two attached hydrogens (primary N) is 1. The van der Waals surface area contributed by atoms with Crippen LogP contribution in [0.3, 0.4) is 0 Å². The molecule has 1 aliphatic rings. The third-order valence-electron chi connectivity index (χ3n) is 4.86. The highest BCUT2D eigenvalue weighted by Crippen LogP contribution is 2.19. The number of amides is 3. The maximum absolute atomic E-state index is 12.4. The summed E-state index contributed by atoms with van der Waals surface area (Å²) in [5.41, 5.74) is 6.80. The lowest BCUT2D eigenvalue weighted by molar-refractivity contribution is -0.125. The van der Waals surface area contributed by atoms with E-state index >= 15 is 0 Å². The number of hydrogen-bond acceptors (Lipinski definition) is 4. The fourth-order valence-corrected chi connectivity index (χ4v) is 2.61. The Kier molecular flexibility index (Phi) is 7.14. The van der Waals surface area contributed by atoms with Crippen LogP contribution in [-0.2, 0) is 16.0 Å². The molecule has 1 aromatic rings. The lowest BCUT2D eigenvalue weighted by Gasteiger charge is -2.33. The minimum absolute atomic E-state index is 0. The molecule has 0 saturated carbocycles. The van der Waals surface area contributed by atoms with E-state index in [1.807, 2.05) is 32.9 Å². The third-order valence-corrected chi connectivity index (χ3v) is 4.86. The van der Waals surface area contributed by atoms with Crippen molar-refractivity contribution in [1.82, 2.24) is 10.6 Å². The minimum Gasteiger partial charge on any atom is -0.345 e. The predicted molar refractivity (Wildman–Crippen MR) is 98.4 cm³/mol. The Balaban J connectivity index is 0.00000312. The number of imide groups is 1. The van der Waals surface area contributed by atoms with E-state index in [9.17, 15) is 14.4 Å². The van der Waals surface area contributed by atoms with Crippen molar-refractivity contribution < 1.29 is 14.4 Å². The van der Waals surface area contributed by atoms with E-state index in [2.05, 4.69) is 10.6 Å². The van der Waals surface area contributed by atoms with Gasteiger partial charge in [0.2, 0.25) is 11.8 Å². The molecule has 0 bridgehead atoms. The van der Waals surface area contributed by atoms with Gasteiger partial charge >= 0.3 is 0 Å². The summed E-state index contributed by atoms with van der Waals surface area (Å²) in [6, 6.07) is 7.10. The van der Waals surface area contributed by atoms with Crippen LogP contribution in [-0.4, -0.2) is 29.8 Å². The van der Waals surface area contributed by atoms with Crippen LogP contribution in [0.4, 0.5) is 0 Å². The minimum atomic E-state index is -0.460. The first-order chi connectivity index (χ1) is 11.2. The molecule has 0 aliphatic carbocycles. The van der Waals surface area contributed by atoms with Crippen molar-refractivity contribution in [2.45, 2.75) is 39.2 Å². The zero-order chi connectivity index (χ0) is 17.9. The van der Waals surface area contributed by atoms with Crippen LogP contribution in [0.5, 0.6) is 0 Å². The maximum Gasteiger partial charge on any atom is 0.251 e. The number of nitrogens with one attached hydrogen (secondary N) is 2. The van der Waals surface area contributed by atoms with Crippen LogP contribution < -0.4 is 16.4 Å². The fourth-order valence-electron chi connectivity index (χ4n) is 2.61. The normalized spacial score (nSPS) is 19.2. The highest BCUT2D eigenvalue weighted by molar-refractivity contribution is 6.03. The number of benzene rings is 1. The summed E-state index contributed by atoms with van der Waals surface area (Å²) >= 11 is 0. The molecule has 0 aromatic heterocycles. The molecule has 4 N–H and O–H groups in total. The van der Waals surface area contributed by atoms with Crippen molar-refractivity contribution >= 4 is 30.1 Å². The first-order valence-corrected chi connectivity index (χ1v) is 8.20. The van der Waals surface area contributed by atoms with Crippen LogP contribution in [0, 0.1) is 11.8 Å². The Morgan fingerprint density at radius 2 is 1.92 bits per heavy atom. The lowest BCUT2D eigenvalue weighted by atomic mass is 9.88. The Morgan fingerprint density at radius 1 is 1.32 bits per heavy atom. The SMILES string of the molecule is CC(C)C(C)(CN)NC(=O)c1ccc(CC2CC(=O)NC2=O)cc1.Cl. The van der Waals surface area contributed by atoms with E-state index in [-0.39, 0.29) is 48.4 Å². The molecule has 2 atom stereocenters. The number of carbonyl (C=O) groups is 3. The van der Waals surface area contributed by atoms with Crippen molar-refractivity contribution in [1.29, 1.82) is 0 Å². The van der Waals surface area contributed by atoms with Gasteiger partial charge in [-0.1, -0.05) is 26.0 Å². The van der Waals surface area contributed by atoms with Gasteiger partial charge in [0.15, 0.2) is 0 Å². The van der Waals surface area contributed by atoms with E-state index in [1.54, 1.807) is 12.1 Å². The van der Waals surface area contributed by atoms with Crippen molar-refractivity contribution in [2.24, 2.45) is 17.6 Å². The maximum atomic E-state index is 12.4. The van der Waals surface area contributed by atoms with Gasteiger partial charge in [0.05, 0.1) is 11.5 Å². The molecule has 138 valence electrons. The van der Waals surface area contributed by atoms with Crippen molar-refractivity contribution in [3.8, 4) is 0 Å². The highest BCUT2D eigenvalue weighted by atomic mass is 35.5. The molecule has 1 aliphatic heterocycles. The van der Waals surface area contributed by atoms with Gasteiger partial charge in [-0.2, -0.15) is 0 Å². The van der Waals surface area contributed by atoms with E-state index < -0.39 is 5.54 Å². The Bertz CT molecular complexity index is 645. The van der Waals surface area contributed by atoms with Gasteiger partial charge in [0.1, 0.15) is 0 Å². The number of halogens is 1. The van der Waals surface area contributed by atoms with Gasteiger partial charge in [0, 0.05) is 18.5 Å². The standard InChI is InChI=1S/C18H25N3O3.ClH/c1-11(2)18(3,10-19)21-17(24)13-6-4-12(5-7-13)8-14-9-15(22)20-16(14)23;/h4-7,11,14H,8-10,19H2,1-3H3,(H,21,24)(H,20,22,23);1H. The molecule has 1 heterocycles. The average molecular weight is 368 g/mol. The number of carbonyl (C=O) groups excluding carboxylic acids is 3. The molecule has 25 heavy (non-hydrogen) atoms. The topological polar surface area (TPSA) is 101 Å². The highest BCUT2D eigenvalue weighted by Gasteiger charge is 2.31. The molecule has 3 amide bonds. The van der Waals surface area contributed by atoms with Crippen molar-refractivity contribution in [3.63, 3.8) is 0 Å².